The predicted molar refractivity (Wildman–Crippen MR) is 102 cm³/mol. The van der Waals surface area contributed by atoms with Gasteiger partial charge in [-0.25, -0.2) is 0 Å². The van der Waals surface area contributed by atoms with Crippen LogP contribution in [0.15, 0.2) is 36.4 Å². The quantitative estimate of drug-likeness (QED) is 0.844. The van der Waals surface area contributed by atoms with Crippen molar-refractivity contribution in [2.45, 2.75) is 52.8 Å². The molecule has 1 aliphatic rings. The number of hydrogen-bond acceptors (Lipinski definition) is 3. The smallest absolute Gasteiger partial charge is 0.320 e. The highest BCUT2D eigenvalue weighted by atomic mass is 16.5. The van der Waals surface area contributed by atoms with Crippen molar-refractivity contribution in [3.8, 4) is 5.75 Å². The van der Waals surface area contributed by atoms with Crippen LogP contribution in [-0.4, -0.2) is 28.6 Å². The molecule has 0 radical (unpaired) electrons. The van der Waals surface area contributed by atoms with Crippen LogP contribution in [0.5, 0.6) is 5.75 Å². The van der Waals surface area contributed by atoms with E-state index < -0.39 is 5.97 Å². The van der Waals surface area contributed by atoms with E-state index in [2.05, 4.69) is 56.0 Å². The van der Waals surface area contributed by atoms with Crippen LogP contribution >= 0.6 is 0 Å². The maximum absolute atomic E-state index is 11.4. The fourth-order valence-corrected chi connectivity index (χ4v) is 3.85. The van der Waals surface area contributed by atoms with E-state index >= 15 is 0 Å². The number of ether oxygens (including phenoxy) is 1. The van der Waals surface area contributed by atoms with Gasteiger partial charge in [0.05, 0.1) is 0 Å². The van der Waals surface area contributed by atoms with Gasteiger partial charge in [0.15, 0.2) is 0 Å². The summed E-state index contributed by atoms with van der Waals surface area (Å²) in [5.74, 6) is 0.209. The zero-order valence-corrected chi connectivity index (χ0v) is 15.8. The molecule has 1 aliphatic heterocycles. The Morgan fingerprint density at radius 3 is 2.54 bits per heavy atom. The first kappa shape index (κ1) is 18.5. The molecule has 0 aromatic heterocycles. The third-order valence-corrected chi connectivity index (χ3v) is 5.02. The topological polar surface area (TPSA) is 49.8 Å². The molecule has 0 unspecified atom stereocenters. The summed E-state index contributed by atoms with van der Waals surface area (Å²) in [6, 6.07) is 12.2. The molecular weight excluding hydrogens is 326 g/mol. The van der Waals surface area contributed by atoms with E-state index in [1.165, 1.54) is 5.56 Å². The van der Waals surface area contributed by atoms with Crippen molar-refractivity contribution < 1.29 is 14.6 Å². The molecule has 0 aliphatic carbocycles. The molecular formula is C22H27NO3. The number of aryl methyl sites for hydroxylation is 3. The Bertz CT molecular complexity index is 777. The van der Waals surface area contributed by atoms with Crippen LogP contribution < -0.4 is 4.74 Å². The third-order valence-electron chi connectivity index (χ3n) is 5.02. The average Bonchev–Trinajstić information content (AvgIpc) is 3.02. The number of benzene rings is 2. The molecule has 138 valence electrons. The summed E-state index contributed by atoms with van der Waals surface area (Å²) in [6.07, 6.45) is 1.69. The van der Waals surface area contributed by atoms with Gasteiger partial charge in [0.1, 0.15) is 18.4 Å². The molecule has 1 heterocycles. The lowest BCUT2D eigenvalue weighted by Gasteiger charge is -2.22. The van der Waals surface area contributed by atoms with Gasteiger partial charge in [0, 0.05) is 6.54 Å². The van der Waals surface area contributed by atoms with E-state index in [4.69, 9.17) is 4.74 Å². The van der Waals surface area contributed by atoms with E-state index in [1.807, 2.05) is 6.07 Å². The fraction of sp³-hybridized carbons (Fsp3) is 0.409. The lowest BCUT2D eigenvalue weighted by atomic mass is 10.0. The highest BCUT2D eigenvalue weighted by molar-refractivity contribution is 5.73. The standard InChI is InChI=1S/C22H27NO3/c1-15-6-4-7-18(10-15)14-26-21-16(2)11-19(12-17(21)3)13-23-9-5-8-20(23)22(24)25/h4,6-7,10-12,20H,5,8-9,13-14H2,1-3H3,(H,24,25)/t20-/m0/s1. The normalized spacial score (nSPS) is 17.4. The number of nitrogens with zero attached hydrogens (tertiary/aromatic N) is 1. The summed E-state index contributed by atoms with van der Waals surface area (Å²) in [6.45, 7) is 8.27. The van der Waals surface area contributed by atoms with Crippen molar-refractivity contribution in [2.24, 2.45) is 0 Å². The van der Waals surface area contributed by atoms with Crippen LogP contribution in [0.2, 0.25) is 0 Å². The first-order valence-corrected chi connectivity index (χ1v) is 9.19. The Labute approximate surface area is 155 Å². The molecule has 3 rings (SSSR count). The monoisotopic (exact) mass is 353 g/mol. The van der Waals surface area contributed by atoms with Gasteiger partial charge in [0.25, 0.3) is 0 Å². The van der Waals surface area contributed by atoms with Crippen LogP contribution in [-0.2, 0) is 17.9 Å². The Hall–Kier alpha value is -2.33. The van der Waals surface area contributed by atoms with Crippen LogP contribution in [0.4, 0.5) is 0 Å². The second kappa shape index (κ2) is 7.92. The molecule has 0 spiro atoms. The van der Waals surface area contributed by atoms with Gasteiger partial charge < -0.3 is 9.84 Å². The Kier molecular flexibility index (Phi) is 5.62. The van der Waals surface area contributed by atoms with Gasteiger partial charge in [-0.3, -0.25) is 9.69 Å². The first-order chi connectivity index (χ1) is 12.4. The number of hydrogen-bond donors (Lipinski definition) is 1. The molecule has 0 amide bonds. The fourth-order valence-electron chi connectivity index (χ4n) is 3.85. The van der Waals surface area contributed by atoms with Crippen molar-refractivity contribution in [1.29, 1.82) is 0 Å². The lowest BCUT2D eigenvalue weighted by molar-refractivity contribution is -0.142. The van der Waals surface area contributed by atoms with Gasteiger partial charge in [-0.2, -0.15) is 0 Å². The van der Waals surface area contributed by atoms with Gasteiger partial charge in [-0.15, -0.1) is 0 Å². The molecule has 1 atom stereocenters. The molecule has 4 heteroatoms. The zero-order valence-electron chi connectivity index (χ0n) is 15.8. The number of aliphatic carboxylic acids is 1. The number of likely N-dealkylation sites (tertiary alicyclic amines) is 1. The van der Waals surface area contributed by atoms with E-state index in [0.717, 1.165) is 47.4 Å². The SMILES string of the molecule is Cc1cccc(COc2c(C)cc(CN3CCC[C@H]3C(=O)O)cc2C)c1. The minimum atomic E-state index is -0.714. The van der Waals surface area contributed by atoms with Crippen LogP contribution in [0.3, 0.4) is 0 Å². The van der Waals surface area contributed by atoms with Crippen LogP contribution in [0.25, 0.3) is 0 Å². The minimum absolute atomic E-state index is 0.354. The molecule has 1 N–H and O–H groups in total. The summed E-state index contributed by atoms with van der Waals surface area (Å²) in [4.78, 5) is 13.4. The zero-order chi connectivity index (χ0) is 18.7. The first-order valence-electron chi connectivity index (χ1n) is 9.19. The Morgan fingerprint density at radius 2 is 1.88 bits per heavy atom. The molecule has 0 saturated carbocycles. The number of carboxylic acids is 1. The maximum atomic E-state index is 11.4. The molecule has 4 nitrogen and oxygen atoms in total. The minimum Gasteiger partial charge on any atom is -0.488 e. The number of carbonyl (C=O) groups is 1. The van der Waals surface area contributed by atoms with E-state index in [0.29, 0.717) is 13.2 Å². The van der Waals surface area contributed by atoms with Crippen LogP contribution in [0.1, 0.15) is 40.7 Å². The van der Waals surface area contributed by atoms with Crippen molar-refractivity contribution in [3.05, 3.63) is 64.2 Å². The van der Waals surface area contributed by atoms with Gasteiger partial charge in [0.2, 0.25) is 0 Å². The summed E-state index contributed by atoms with van der Waals surface area (Å²) >= 11 is 0. The highest BCUT2D eigenvalue weighted by Gasteiger charge is 2.30. The summed E-state index contributed by atoms with van der Waals surface area (Å²) < 4.78 is 6.09. The third kappa shape index (κ3) is 4.25. The summed E-state index contributed by atoms with van der Waals surface area (Å²) in [5.41, 5.74) is 5.73. The maximum Gasteiger partial charge on any atom is 0.320 e. The molecule has 2 aromatic rings. The molecule has 1 saturated heterocycles. The molecule has 2 aromatic carbocycles. The van der Waals surface area contributed by atoms with Gasteiger partial charge in [-0.1, -0.05) is 42.0 Å². The van der Waals surface area contributed by atoms with Gasteiger partial charge in [-0.05, 0) is 62.4 Å². The second-order valence-corrected chi connectivity index (χ2v) is 7.30. The average molecular weight is 353 g/mol. The van der Waals surface area contributed by atoms with Crippen molar-refractivity contribution in [3.63, 3.8) is 0 Å². The van der Waals surface area contributed by atoms with Gasteiger partial charge >= 0.3 is 5.97 Å². The predicted octanol–water partition coefficient (Wildman–Crippen LogP) is 4.24. The van der Waals surface area contributed by atoms with Crippen molar-refractivity contribution in [1.82, 2.24) is 4.90 Å². The van der Waals surface area contributed by atoms with Crippen molar-refractivity contribution in [2.75, 3.05) is 6.54 Å². The Morgan fingerprint density at radius 1 is 1.15 bits per heavy atom. The number of rotatable bonds is 6. The highest BCUT2D eigenvalue weighted by Crippen LogP contribution is 2.28. The van der Waals surface area contributed by atoms with E-state index in [9.17, 15) is 9.90 Å². The van der Waals surface area contributed by atoms with Crippen LogP contribution in [0, 0.1) is 20.8 Å². The molecule has 1 fully saturated rings. The largest absolute Gasteiger partial charge is 0.488 e. The number of carboxylic acid groups (broad SMARTS) is 1. The summed E-state index contributed by atoms with van der Waals surface area (Å²) in [7, 11) is 0. The lowest BCUT2D eigenvalue weighted by Crippen LogP contribution is -2.35. The van der Waals surface area contributed by atoms with E-state index in [1.54, 1.807) is 0 Å². The second-order valence-electron chi connectivity index (χ2n) is 7.30. The molecule has 26 heavy (non-hydrogen) atoms. The van der Waals surface area contributed by atoms with E-state index in [-0.39, 0.29) is 6.04 Å². The summed E-state index contributed by atoms with van der Waals surface area (Å²) in [5, 5.41) is 9.35. The Balaban J connectivity index is 1.71. The van der Waals surface area contributed by atoms with Crippen molar-refractivity contribution >= 4 is 5.97 Å². The molecule has 0 bridgehead atoms.